The summed E-state index contributed by atoms with van der Waals surface area (Å²) >= 11 is 0. The molecule has 6 nitrogen and oxygen atoms in total. The molecule has 0 saturated heterocycles. The molecule has 0 saturated carbocycles. The molecular weight excluding hydrogens is 368 g/mol. The summed E-state index contributed by atoms with van der Waals surface area (Å²) in [6, 6.07) is 15.8. The van der Waals surface area contributed by atoms with Crippen LogP contribution in [0, 0.1) is 0 Å². The Morgan fingerprint density at radius 1 is 1.00 bits per heavy atom. The second kappa shape index (κ2) is 8.47. The molecule has 0 bridgehead atoms. The molecule has 0 spiro atoms. The SMILES string of the molecule is CC(C)(C)OC(=O)N1Cc2ccccc2C[C@H]1C(=O)NCC(=O)c1ccccc1. The van der Waals surface area contributed by atoms with Crippen molar-refractivity contribution in [1.29, 1.82) is 0 Å². The van der Waals surface area contributed by atoms with Gasteiger partial charge in [0.15, 0.2) is 5.78 Å². The highest BCUT2D eigenvalue weighted by molar-refractivity contribution is 6.00. The van der Waals surface area contributed by atoms with Crippen molar-refractivity contribution >= 4 is 17.8 Å². The average Bonchev–Trinajstić information content (AvgIpc) is 2.70. The van der Waals surface area contributed by atoms with Crippen molar-refractivity contribution in [2.24, 2.45) is 0 Å². The molecule has 0 aromatic heterocycles. The van der Waals surface area contributed by atoms with E-state index in [-0.39, 0.29) is 24.8 Å². The molecule has 1 atom stereocenters. The third kappa shape index (κ3) is 5.22. The molecule has 1 N–H and O–H groups in total. The number of ether oxygens (including phenoxy) is 1. The number of nitrogens with one attached hydrogen (secondary N) is 1. The predicted molar refractivity (Wildman–Crippen MR) is 109 cm³/mol. The summed E-state index contributed by atoms with van der Waals surface area (Å²) in [5.41, 5.74) is 1.87. The van der Waals surface area contributed by atoms with Crippen LogP contribution in [0.3, 0.4) is 0 Å². The number of carbonyl (C=O) groups excluding carboxylic acids is 3. The maximum atomic E-state index is 12.9. The van der Waals surface area contributed by atoms with Gasteiger partial charge >= 0.3 is 6.09 Å². The normalized spacial score (nSPS) is 16.0. The van der Waals surface area contributed by atoms with Gasteiger partial charge in [-0.15, -0.1) is 0 Å². The molecule has 0 aliphatic carbocycles. The number of hydrogen-bond acceptors (Lipinski definition) is 4. The maximum absolute atomic E-state index is 12.9. The van der Waals surface area contributed by atoms with Gasteiger partial charge in [0.25, 0.3) is 0 Å². The van der Waals surface area contributed by atoms with Crippen LogP contribution in [-0.2, 0) is 22.5 Å². The molecule has 1 aliphatic heterocycles. The van der Waals surface area contributed by atoms with Crippen LogP contribution in [-0.4, -0.2) is 40.9 Å². The summed E-state index contributed by atoms with van der Waals surface area (Å²) in [7, 11) is 0. The predicted octanol–water partition coefficient (Wildman–Crippen LogP) is 3.35. The molecule has 1 heterocycles. The lowest BCUT2D eigenvalue weighted by molar-refractivity contribution is -0.126. The highest BCUT2D eigenvalue weighted by Gasteiger charge is 2.37. The minimum Gasteiger partial charge on any atom is -0.444 e. The van der Waals surface area contributed by atoms with Crippen LogP contribution < -0.4 is 5.32 Å². The molecule has 0 fully saturated rings. The van der Waals surface area contributed by atoms with Gasteiger partial charge in [0.1, 0.15) is 11.6 Å². The molecule has 6 heteroatoms. The Morgan fingerprint density at radius 3 is 2.28 bits per heavy atom. The van der Waals surface area contributed by atoms with E-state index < -0.39 is 17.7 Å². The van der Waals surface area contributed by atoms with Crippen molar-refractivity contribution in [3.05, 3.63) is 71.3 Å². The Morgan fingerprint density at radius 2 is 1.62 bits per heavy atom. The minimum atomic E-state index is -0.733. The molecule has 1 aliphatic rings. The third-order valence-corrected chi connectivity index (χ3v) is 4.70. The summed E-state index contributed by atoms with van der Waals surface area (Å²) in [4.78, 5) is 39.4. The Labute approximate surface area is 170 Å². The molecule has 2 aromatic rings. The first-order chi connectivity index (χ1) is 13.7. The van der Waals surface area contributed by atoms with Gasteiger partial charge in [0.05, 0.1) is 13.1 Å². The van der Waals surface area contributed by atoms with E-state index in [1.165, 1.54) is 4.90 Å². The molecule has 29 heavy (non-hydrogen) atoms. The zero-order valence-electron chi connectivity index (χ0n) is 17.0. The van der Waals surface area contributed by atoms with Crippen molar-refractivity contribution in [3.8, 4) is 0 Å². The summed E-state index contributed by atoms with van der Waals surface area (Å²) in [5, 5.41) is 2.69. The molecule has 3 rings (SSSR count). The van der Waals surface area contributed by atoms with E-state index in [4.69, 9.17) is 4.74 Å². The van der Waals surface area contributed by atoms with Crippen LogP contribution in [0.2, 0.25) is 0 Å². The zero-order valence-corrected chi connectivity index (χ0v) is 17.0. The Bertz CT molecular complexity index is 903. The van der Waals surface area contributed by atoms with Crippen molar-refractivity contribution < 1.29 is 19.1 Å². The Hall–Kier alpha value is -3.15. The number of Topliss-reactive ketones (excluding diaryl/α,β-unsaturated/α-hetero) is 1. The van der Waals surface area contributed by atoms with E-state index >= 15 is 0 Å². The van der Waals surface area contributed by atoms with Crippen molar-refractivity contribution in [3.63, 3.8) is 0 Å². The number of fused-ring (bicyclic) bond motifs is 1. The van der Waals surface area contributed by atoms with Gasteiger partial charge in [0.2, 0.25) is 5.91 Å². The molecular formula is C23H26N2O4. The number of hydrogen-bond donors (Lipinski definition) is 1. The van der Waals surface area contributed by atoms with Crippen LogP contribution in [0.1, 0.15) is 42.3 Å². The van der Waals surface area contributed by atoms with Gasteiger partial charge in [-0.25, -0.2) is 4.79 Å². The van der Waals surface area contributed by atoms with Gasteiger partial charge in [-0.05, 0) is 31.9 Å². The molecule has 0 unspecified atom stereocenters. The number of amides is 2. The Kier molecular flexibility index (Phi) is 6.01. The smallest absolute Gasteiger partial charge is 0.411 e. The quantitative estimate of drug-likeness (QED) is 0.807. The first kappa shape index (κ1) is 20.6. The van der Waals surface area contributed by atoms with Crippen molar-refractivity contribution in [2.45, 2.75) is 45.4 Å². The van der Waals surface area contributed by atoms with E-state index in [1.54, 1.807) is 45.0 Å². The number of nitrogens with zero attached hydrogens (tertiary/aromatic N) is 1. The number of benzene rings is 2. The standard InChI is InChI=1S/C23H26N2O4/c1-23(2,3)29-22(28)25-15-18-12-8-7-11-17(18)13-19(25)21(27)24-14-20(26)16-9-5-4-6-10-16/h4-12,19H,13-15H2,1-3H3,(H,24,27)/t19-/m0/s1. The van der Waals surface area contributed by atoms with E-state index in [1.807, 2.05) is 30.3 Å². The highest BCUT2D eigenvalue weighted by atomic mass is 16.6. The van der Waals surface area contributed by atoms with Gasteiger partial charge in [-0.1, -0.05) is 54.6 Å². The Balaban J connectivity index is 1.75. The van der Waals surface area contributed by atoms with Crippen LogP contribution in [0.5, 0.6) is 0 Å². The summed E-state index contributed by atoms with van der Waals surface area (Å²) in [6.07, 6.45) is -0.164. The fraction of sp³-hybridized carbons (Fsp3) is 0.348. The van der Waals surface area contributed by atoms with Crippen LogP contribution in [0.4, 0.5) is 4.79 Å². The van der Waals surface area contributed by atoms with E-state index in [0.717, 1.165) is 11.1 Å². The van der Waals surface area contributed by atoms with Gasteiger partial charge in [-0.2, -0.15) is 0 Å². The number of ketones is 1. The molecule has 2 aromatic carbocycles. The largest absolute Gasteiger partial charge is 0.444 e. The average molecular weight is 394 g/mol. The summed E-state index contributed by atoms with van der Waals surface area (Å²) in [5.74, 6) is -0.548. The van der Waals surface area contributed by atoms with Gasteiger partial charge in [0, 0.05) is 12.0 Å². The highest BCUT2D eigenvalue weighted by Crippen LogP contribution is 2.25. The van der Waals surface area contributed by atoms with Crippen LogP contribution >= 0.6 is 0 Å². The van der Waals surface area contributed by atoms with Gasteiger partial charge in [-0.3, -0.25) is 14.5 Å². The number of rotatable bonds is 4. The molecule has 2 amide bonds. The lowest BCUT2D eigenvalue weighted by atomic mass is 9.93. The lowest BCUT2D eigenvalue weighted by Gasteiger charge is -2.36. The molecule has 0 radical (unpaired) electrons. The van der Waals surface area contributed by atoms with Crippen LogP contribution in [0.15, 0.2) is 54.6 Å². The van der Waals surface area contributed by atoms with E-state index in [0.29, 0.717) is 12.0 Å². The first-order valence-electron chi connectivity index (χ1n) is 9.67. The van der Waals surface area contributed by atoms with Crippen LogP contribution in [0.25, 0.3) is 0 Å². The maximum Gasteiger partial charge on any atom is 0.411 e. The summed E-state index contributed by atoms with van der Waals surface area (Å²) in [6.45, 7) is 5.53. The lowest BCUT2D eigenvalue weighted by Crippen LogP contribution is -2.54. The fourth-order valence-corrected chi connectivity index (χ4v) is 3.28. The molecule has 152 valence electrons. The second-order valence-corrected chi connectivity index (χ2v) is 8.10. The topological polar surface area (TPSA) is 75.7 Å². The minimum absolute atomic E-state index is 0.122. The first-order valence-corrected chi connectivity index (χ1v) is 9.67. The second-order valence-electron chi connectivity index (χ2n) is 8.10. The monoisotopic (exact) mass is 394 g/mol. The van der Waals surface area contributed by atoms with Gasteiger partial charge < -0.3 is 10.1 Å². The fourth-order valence-electron chi connectivity index (χ4n) is 3.28. The number of carbonyl (C=O) groups is 3. The third-order valence-electron chi connectivity index (χ3n) is 4.70. The van der Waals surface area contributed by atoms with Crippen molar-refractivity contribution in [2.75, 3.05) is 6.54 Å². The zero-order chi connectivity index (χ0) is 21.0. The summed E-state index contributed by atoms with van der Waals surface area (Å²) < 4.78 is 5.51. The van der Waals surface area contributed by atoms with E-state index in [2.05, 4.69) is 5.32 Å². The van der Waals surface area contributed by atoms with Crippen molar-refractivity contribution in [1.82, 2.24) is 10.2 Å². The van der Waals surface area contributed by atoms with E-state index in [9.17, 15) is 14.4 Å².